The number of halogens is 2. The van der Waals surface area contributed by atoms with Crippen molar-refractivity contribution >= 4 is 23.1 Å². The van der Waals surface area contributed by atoms with Crippen LogP contribution in [0, 0.1) is 6.07 Å². The van der Waals surface area contributed by atoms with Gasteiger partial charge in [-0.05, 0) is 6.07 Å². The Morgan fingerprint density at radius 2 is 1.68 bits per heavy atom. The molecule has 0 saturated carbocycles. The first-order valence-corrected chi connectivity index (χ1v) is 4.80. The molecule has 3 rings (SSSR count). The number of hydrogen-bond acceptors (Lipinski definition) is 2. The largest absolute Gasteiger partial charge is 2.00 e. The van der Waals surface area contributed by atoms with Gasteiger partial charge in [0.15, 0.2) is 11.5 Å². The molecule has 1 aliphatic heterocycles. The van der Waals surface area contributed by atoms with Crippen LogP contribution in [0.1, 0.15) is 0 Å². The molecule has 0 spiro atoms. The molecule has 0 fully saturated rings. The van der Waals surface area contributed by atoms with Crippen LogP contribution in [0.3, 0.4) is 0 Å². The minimum atomic E-state index is 0. The van der Waals surface area contributed by atoms with Crippen molar-refractivity contribution in [1.82, 2.24) is 0 Å². The first-order valence-electron chi connectivity index (χ1n) is 4.80. The van der Waals surface area contributed by atoms with Crippen LogP contribution in [0.5, 0.6) is 11.5 Å². The second-order valence-corrected chi connectivity index (χ2v) is 3.34. The van der Waals surface area contributed by atoms with Gasteiger partial charge in [-0.1, -0.05) is 17.7 Å². The monoisotopic (exact) mass is 386 g/mol. The van der Waals surface area contributed by atoms with E-state index < -0.39 is 0 Å². The zero-order valence-corrected chi connectivity index (χ0v) is 15.1. The number of fused-ring (bicyclic) bond motifs is 1. The Hall–Kier alpha value is 0.364. The van der Waals surface area contributed by atoms with Crippen molar-refractivity contribution in [3.63, 3.8) is 0 Å². The topological polar surface area (TPSA) is 18.5 Å². The standard InChI is InChI=1S/C13H9O2.2BrH.Li.Mg/c1-2-4-10(5-3-1)11-6-7-12-13(8-11)15-9-14-12;;;;/h1-4,6-8H,9H2;2*1H;;/q-1;;;+1;+2/p-2. The van der Waals surface area contributed by atoms with Crippen LogP contribution in [0.15, 0.2) is 42.5 Å². The minimum absolute atomic E-state index is 0. The summed E-state index contributed by atoms with van der Waals surface area (Å²) < 4.78 is 10.6. The maximum atomic E-state index is 5.32. The third-order valence-electron chi connectivity index (χ3n) is 2.39. The summed E-state index contributed by atoms with van der Waals surface area (Å²) in [7, 11) is 0. The second-order valence-electron chi connectivity index (χ2n) is 3.34. The Morgan fingerprint density at radius 1 is 0.947 bits per heavy atom. The summed E-state index contributed by atoms with van der Waals surface area (Å²) in [6.07, 6.45) is 0. The average Bonchev–Trinajstić information content (AvgIpc) is 2.77. The zero-order chi connectivity index (χ0) is 10.1. The van der Waals surface area contributed by atoms with Gasteiger partial charge in [0.05, 0.1) is 0 Å². The summed E-state index contributed by atoms with van der Waals surface area (Å²) in [5.41, 5.74) is 2.16. The summed E-state index contributed by atoms with van der Waals surface area (Å²) in [5, 5.41) is 0. The van der Waals surface area contributed by atoms with E-state index in [4.69, 9.17) is 9.47 Å². The predicted molar refractivity (Wildman–Crippen MR) is 62.6 cm³/mol. The van der Waals surface area contributed by atoms with Crippen LogP contribution in [-0.4, -0.2) is 29.8 Å². The minimum Gasteiger partial charge on any atom is -1.00 e. The van der Waals surface area contributed by atoms with Crippen molar-refractivity contribution in [2.24, 2.45) is 0 Å². The smallest absolute Gasteiger partial charge is 1.00 e. The van der Waals surface area contributed by atoms with Crippen LogP contribution in [-0.2, 0) is 0 Å². The van der Waals surface area contributed by atoms with Crippen molar-refractivity contribution in [1.29, 1.82) is 0 Å². The Labute approximate surface area is 162 Å². The summed E-state index contributed by atoms with van der Waals surface area (Å²) >= 11 is 0. The van der Waals surface area contributed by atoms with E-state index in [0.717, 1.165) is 22.6 Å². The van der Waals surface area contributed by atoms with E-state index in [0.29, 0.717) is 6.79 Å². The summed E-state index contributed by atoms with van der Waals surface area (Å²) in [4.78, 5) is 0. The number of benzene rings is 2. The molecule has 19 heavy (non-hydrogen) atoms. The van der Waals surface area contributed by atoms with Gasteiger partial charge in [0.1, 0.15) is 0 Å². The fourth-order valence-electron chi connectivity index (χ4n) is 1.64. The molecule has 1 heterocycles. The van der Waals surface area contributed by atoms with Crippen LogP contribution in [0.4, 0.5) is 0 Å². The van der Waals surface area contributed by atoms with Crippen molar-refractivity contribution in [2.45, 2.75) is 0 Å². The molecule has 0 aliphatic carbocycles. The van der Waals surface area contributed by atoms with Crippen LogP contribution in [0.25, 0.3) is 11.1 Å². The Kier molecular flexibility index (Phi) is 11.6. The fourth-order valence-corrected chi connectivity index (χ4v) is 1.64. The maximum absolute atomic E-state index is 5.32. The van der Waals surface area contributed by atoms with Gasteiger partial charge >= 0.3 is 41.9 Å². The predicted octanol–water partition coefficient (Wildman–Crippen LogP) is -6.49. The molecule has 2 aromatic rings. The van der Waals surface area contributed by atoms with Gasteiger partial charge in [0.2, 0.25) is 6.79 Å². The average molecular weight is 388 g/mol. The molecular weight excluding hydrogens is 379 g/mol. The molecule has 2 aromatic carbocycles. The molecule has 2 nitrogen and oxygen atoms in total. The quantitative estimate of drug-likeness (QED) is 0.358. The molecular formula is C13H9Br2LiMgO2. The second kappa shape index (κ2) is 10.1. The van der Waals surface area contributed by atoms with Crippen LogP contribution >= 0.6 is 0 Å². The molecule has 0 amide bonds. The molecule has 0 bridgehead atoms. The molecule has 6 heteroatoms. The van der Waals surface area contributed by atoms with Gasteiger partial charge in [0.25, 0.3) is 0 Å². The van der Waals surface area contributed by atoms with Crippen LogP contribution < -0.4 is 62.3 Å². The maximum Gasteiger partial charge on any atom is 2.00 e. The first kappa shape index (κ1) is 21.7. The molecule has 0 atom stereocenters. The van der Waals surface area contributed by atoms with E-state index in [9.17, 15) is 0 Å². The van der Waals surface area contributed by atoms with E-state index in [2.05, 4.69) is 6.07 Å². The molecule has 0 unspecified atom stereocenters. The fraction of sp³-hybridized carbons (Fsp3) is 0.0769. The number of hydrogen-bond donors (Lipinski definition) is 0. The van der Waals surface area contributed by atoms with Gasteiger partial charge < -0.3 is 43.4 Å². The summed E-state index contributed by atoms with van der Waals surface area (Å²) in [6.45, 7) is 0.317. The summed E-state index contributed by atoms with van der Waals surface area (Å²) in [6, 6.07) is 17.0. The molecule has 90 valence electrons. The Morgan fingerprint density at radius 3 is 2.37 bits per heavy atom. The third kappa shape index (κ3) is 5.00. The molecule has 0 radical (unpaired) electrons. The van der Waals surface area contributed by atoms with Crippen molar-refractivity contribution in [3.05, 3.63) is 48.5 Å². The van der Waals surface area contributed by atoms with Gasteiger partial charge in [-0.15, -0.1) is 35.9 Å². The Bertz CT molecular complexity index is 497. The van der Waals surface area contributed by atoms with E-state index in [1.807, 2.05) is 42.5 Å². The van der Waals surface area contributed by atoms with E-state index in [-0.39, 0.29) is 75.9 Å². The van der Waals surface area contributed by atoms with E-state index in [1.165, 1.54) is 0 Å². The summed E-state index contributed by atoms with van der Waals surface area (Å²) in [5.74, 6) is 1.62. The third-order valence-corrected chi connectivity index (χ3v) is 2.39. The number of ether oxygens (including phenoxy) is 2. The Balaban J connectivity index is 0. The van der Waals surface area contributed by atoms with Crippen molar-refractivity contribution in [3.8, 4) is 22.6 Å². The number of rotatable bonds is 1. The van der Waals surface area contributed by atoms with E-state index >= 15 is 0 Å². The van der Waals surface area contributed by atoms with Gasteiger partial charge in [-0.25, -0.2) is 0 Å². The molecule has 0 N–H and O–H groups in total. The molecule has 1 aliphatic rings. The van der Waals surface area contributed by atoms with Crippen molar-refractivity contribution in [2.75, 3.05) is 6.79 Å². The van der Waals surface area contributed by atoms with Gasteiger partial charge in [0, 0.05) is 0 Å². The SMILES string of the molecule is [Br-].[Br-].[Li+].[Mg+2].[c-]1ccccc1-c1ccc2c(c1)OCO2. The normalized spacial score (nSPS) is 10.1. The zero-order valence-electron chi connectivity index (χ0n) is 10.5. The first-order chi connectivity index (χ1) is 7.43. The van der Waals surface area contributed by atoms with E-state index in [1.54, 1.807) is 0 Å². The van der Waals surface area contributed by atoms with Gasteiger partial charge in [-0.3, -0.25) is 0 Å². The van der Waals surface area contributed by atoms with Gasteiger partial charge in [-0.2, -0.15) is 0 Å². The van der Waals surface area contributed by atoms with Crippen molar-refractivity contribution < 1.29 is 62.3 Å². The molecule has 0 aromatic heterocycles. The van der Waals surface area contributed by atoms with Crippen LogP contribution in [0.2, 0.25) is 0 Å². The molecule has 0 saturated heterocycles.